The van der Waals surface area contributed by atoms with E-state index in [1.165, 1.54) is 0 Å². The van der Waals surface area contributed by atoms with Crippen molar-refractivity contribution in [2.75, 3.05) is 13.2 Å². The number of hydrogen-bond acceptors (Lipinski definition) is 5. The largest absolute Gasteiger partial charge is 0.379 e. The van der Waals surface area contributed by atoms with Gasteiger partial charge in [0.25, 0.3) is 0 Å². The van der Waals surface area contributed by atoms with Crippen LogP contribution < -0.4 is 0 Å². The van der Waals surface area contributed by atoms with E-state index in [0.717, 1.165) is 18.2 Å². The lowest BCUT2D eigenvalue weighted by Crippen LogP contribution is -2.30. The monoisotopic (exact) mass is 207 g/mol. The summed E-state index contributed by atoms with van der Waals surface area (Å²) >= 11 is 1.65. The van der Waals surface area contributed by atoms with Crippen molar-refractivity contribution >= 4 is 11.8 Å². The van der Waals surface area contributed by atoms with E-state index in [4.69, 9.17) is 10.00 Å². The second-order valence-corrected chi connectivity index (χ2v) is 4.35. The van der Waals surface area contributed by atoms with Crippen LogP contribution in [0.15, 0.2) is 11.1 Å². The highest BCUT2D eigenvalue weighted by atomic mass is 32.2. The van der Waals surface area contributed by atoms with Gasteiger partial charge in [0.15, 0.2) is 0 Å². The first-order valence-electron chi connectivity index (χ1n) is 4.28. The van der Waals surface area contributed by atoms with Gasteiger partial charge >= 0.3 is 0 Å². The van der Waals surface area contributed by atoms with Crippen molar-refractivity contribution in [1.82, 2.24) is 9.97 Å². The minimum absolute atomic E-state index is 0.431. The van der Waals surface area contributed by atoms with Crippen molar-refractivity contribution < 1.29 is 4.74 Å². The molecule has 14 heavy (non-hydrogen) atoms. The Kier molecular flexibility index (Phi) is 2.66. The van der Waals surface area contributed by atoms with Crippen molar-refractivity contribution in [3.8, 4) is 6.07 Å². The molecule has 4 nitrogen and oxygen atoms in total. The average molecular weight is 207 g/mol. The van der Waals surface area contributed by atoms with Gasteiger partial charge in [-0.3, -0.25) is 0 Å². The molecule has 0 N–H and O–H groups in total. The van der Waals surface area contributed by atoms with Gasteiger partial charge in [-0.05, 0) is 6.92 Å². The van der Waals surface area contributed by atoms with Crippen LogP contribution in [0.2, 0.25) is 0 Å². The Morgan fingerprint density at radius 2 is 2.36 bits per heavy atom. The molecule has 0 atom stereocenters. The Bertz CT molecular complexity index is 384. The summed E-state index contributed by atoms with van der Waals surface area (Å²) < 4.78 is 5.06. The second kappa shape index (κ2) is 3.95. The Hall–Kier alpha value is -1.12. The normalized spacial score (nSPS) is 16.0. The molecule has 5 heteroatoms. The Labute approximate surface area is 86.3 Å². The lowest BCUT2D eigenvalue weighted by Gasteiger charge is -2.24. The van der Waals surface area contributed by atoms with E-state index in [-0.39, 0.29) is 0 Å². The second-order valence-electron chi connectivity index (χ2n) is 3.03. The van der Waals surface area contributed by atoms with E-state index >= 15 is 0 Å². The molecule has 1 aromatic rings. The third-order valence-corrected chi connectivity index (χ3v) is 2.88. The van der Waals surface area contributed by atoms with Crippen LogP contribution in [0.3, 0.4) is 0 Å². The average Bonchev–Trinajstić information content (AvgIpc) is 2.10. The molecule has 0 spiro atoms. The molecule has 0 bridgehead atoms. The minimum atomic E-state index is 0.431. The molecule has 1 aliphatic heterocycles. The zero-order valence-corrected chi connectivity index (χ0v) is 8.54. The Morgan fingerprint density at radius 1 is 1.57 bits per heavy atom. The van der Waals surface area contributed by atoms with E-state index in [1.54, 1.807) is 24.8 Å². The van der Waals surface area contributed by atoms with Crippen molar-refractivity contribution in [3.63, 3.8) is 0 Å². The van der Waals surface area contributed by atoms with Crippen LogP contribution in [-0.2, 0) is 4.74 Å². The third kappa shape index (κ3) is 2.03. The topological polar surface area (TPSA) is 58.8 Å². The fourth-order valence-electron chi connectivity index (χ4n) is 1.11. The van der Waals surface area contributed by atoms with Crippen LogP contribution in [0.25, 0.3) is 0 Å². The molecule has 1 fully saturated rings. The SMILES string of the molecule is Cc1nc(C#N)cc(SC2COC2)n1. The van der Waals surface area contributed by atoms with Crippen LogP contribution in [0.1, 0.15) is 11.5 Å². The number of aromatic nitrogens is 2. The number of rotatable bonds is 2. The van der Waals surface area contributed by atoms with Gasteiger partial charge in [0.2, 0.25) is 0 Å². The standard InChI is InChI=1S/C9H9N3OS/c1-6-11-7(3-10)2-9(12-6)14-8-4-13-5-8/h2,8H,4-5H2,1H3. The summed E-state index contributed by atoms with van der Waals surface area (Å²) in [5.41, 5.74) is 0.431. The zero-order chi connectivity index (χ0) is 9.97. The Balaban J connectivity index is 2.16. The smallest absolute Gasteiger partial charge is 0.145 e. The summed E-state index contributed by atoms with van der Waals surface area (Å²) in [6.45, 7) is 3.34. The lowest BCUT2D eigenvalue weighted by atomic mass is 10.4. The molecule has 1 aromatic heterocycles. The summed E-state index contributed by atoms with van der Waals surface area (Å²) in [6.07, 6.45) is 0. The molecule has 0 aromatic carbocycles. The molecule has 0 radical (unpaired) electrons. The molecule has 1 saturated heterocycles. The predicted molar refractivity (Wildman–Crippen MR) is 51.9 cm³/mol. The number of aryl methyl sites for hydroxylation is 1. The molecule has 1 aliphatic rings. The summed E-state index contributed by atoms with van der Waals surface area (Å²) in [6, 6.07) is 3.74. The summed E-state index contributed by atoms with van der Waals surface area (Å²) in [5, 5.41) is 10.1. The maximum Gasteiger partial charge on any atom is 0.145 e. The molecule has 72 valence electrons. The summed E-state index contributed by atoms with van der Waals surface area (Å²) in [7, 11) is 0. The van der Waals surface area contributed by atoms with Crippen molar-refractivity contribution in [2.24, 2.45) is 0 Å². The van der Waals surface area contributed by atoms with E-state index in [0.29, 0.717) is 16.8 Å². The summed E-state index contributed by atoms with van der Waals surface area (Å²) in [4.78, 5) is 8.24. The molecule has 0 aliphatic carbocycles. The van der Waals surface area contributed by atoms with Gasteiger partial charge < -0.3 is 4.74 Å². The first kappa shape index (κ1) is 9.44. The van der Waals surface area contributed by atoms with Crippen molar-refractivity contribution in [1.29, 1.82) is 5.26 Å². The van der Waals surface area contributed by atoms with Crippen LogP contribution in [0, 0.1) is 18.3 Å². The maximum absolute atomic E-state index is 8.72. The summed E-state index contributed by atoms with van der Waals surface area (Å²) in [5.74, 6) is 0.645. The minimum Gasteiger partial charge on any atom is -0.379 e. The molecule has 2 heterocycles. The van der Waals surface area contributed by atoms with Crippen LogP contribution in [0.5, 0.6) is 0 Å². The van der Waals surface area contributed by atoms with E-state index in [9.17, 15) is 0 Å². The molecule has 0 saturated carbocycles. The maximum atomic E-state index is 8.72. The van der Waals surface area contributed by atoms with Gasteiger partial charge in [-0.1, -0.05) is 11.8 Å². The number of thioether (sulfide) groups is 1. The highest BCUT2D eigenvalue weighted by Gasteiger charge is 2.20. The van der Waals surface area contributed by atoms with Gasteiger partial charge in [-0.15, -0.1) is 0 Å². The molecular weight excluding hydrogens is 198 g/mol. The lowest BCUT2D eigenvalue weighted by molar-refractivity contribution is 0.0454. The fourth-order valence-corrected chi connectivity index (χ4v) is 2.15. The molecular formula is C9H9N3OS. The van der Waals surface area contributed by atoms with Crippen molar-refractivity contribution in [2.45, 2.75) is 17.2 Å². The van der Waals surface area contributed by atoms with Crippen LogP contribution in [0.4, 0.5) is 0 Å². The van der Waals surface area contributed by atoms with Crippen molar-refractivity contribution in [3.05, 3.63) is 17.6 Å². The number of nitriles is 1. The first-order valence-corrected chi connectivity index (χ1v) is 5.16. The van der Waals surface area contributed by atoms with Crippen LogP contribution >= 0.6 is 11.8 Å². The van der Waals surface area contributed by atoms with E-state index < -0.39 is 0 Å². The number of nitrogens with zero attached hydrogens (tertiary/aromatic N) is 3. The van der Waals surface area contributed by atoms with Gasteiger partial charge in [0, 0.05) is 6.07 Å². The molecule has 0 amide bonds. The highest BCUT2D eigenvalue weighted by Crippen LogP contribution is 2.26. The zero-order valence-electron chi connectivity index (χ0n) is 7.73. The highest BCUT2D eigenvalue weighted by molar-refractivity contribution is 8.00. The van der Waals surface area contributed by atoms with Gasteiger partial charge in [-0.2, -0.15) is 5.26 Å². The Morgan fingerprint density at radius 3 is 2.93 bits per heavy atom. The van der Waals surface area contributed by atoms with E-state index in [2.05, 4.69) is 9.97 Å². The number of hydrogen-bond donors (Lipinski definition) is 0. The van der Waals surface area contributed by atoms with Gasteiger partial charge in [-0.25, -0.2) is 9.97 Å². The third-order valence-electron chi connectivity index (χ3n) is 1.82. The quantitative estimate of drug-likeness (QED) is 0.681. The van der Waals surface area contributed by atoms with Crippen LogP contribution in [-0.4, -0.2) is 28.4 Å². The fraction of sp³-hybridized carbons (Fsp3) is 0.444. The predicted octanol–water partition coefficient (Wildman–Crippen LogP) is 1.15. The van der Waals surface area contributed by atoms with E-state index in [1.807, 2.05) is 6.07 Å². The first-order chi connectivity index (χ1) is 6.78. The number of ether oxygens (including phenoxy) is 1. The molecule has 0 unspecified atom stereocenters. The molecule has 2 rings (SSSR count). The van der Waals surface area contributed by atoms with Gasteiger partial charge in [0.05, 0.1) is 18.5 Å². The van der Waals surface area contributed by atoms with Gasteiger partial charge in [0.1, 0.15) is 22.6 Å².